The zero-order valence-electron chi connectivity index (χ0n) is 8.61. The number of hydrogen-bond acceptors (Lipinski definition) is 4. The number of aliphatic hydroxyl groups is 1. The molecule has 0 aliphatic carbocycles. The molecule has 0 fully saturated rings. The largest absolute Gasteiger partial charge is 0.481 e. The van der Waals surface area contributed by atoms with Crippen molar-refractivity contribution in [1.82, 2.24) is 0 Å². The molecule has 0 atom stereocenters. The van der Waals surface area contributed by atoms with Gasteiger partial charge in [-0.2, -0.15) is 0 Å². The molecule has 0 aliphatic heterocycles. The lowest BCUT2D eigenvalue weighted by molar-refractivity contribution is -0.149. The van der Waals surface area contributed by atoms with Crippen LogP contribution in [-0.2, 0) is 14.3 Å². The predicted molar refractivity (Wildman–Crippen MR) is 50.7 cm³/mol. The predicted octanol–water partition coefficient (Wildman–Crippen LogP) is 0.435. The number of aliphatic hydroxyl groups excluding tert-OH is 1. The number of rotatable bonds is 3. The minimum atomic E-state index is -0.986. The first-order valence-electron chi connectivity index (χ1n) is 3.86. The smallest absolute Gasteiger partial charge is 0.329 e. The monoisotopic (exact) mass is 204 g/mol. The Hall–Kier alpha value is -1.36. The molecule has 14 heavy (non-hydrogen) atoms. The van der Waals surface area contributed by atoms with E-state index in [4.69, 9.17) is 10.2 Å². The third kappa shape index (κ3) is 7.30. The second-order valence-electron chi connectivity index (χ2n) is 3.07. The van der Waals surface area contributed by atoms with Crippen LogP contribution in [0.25, 0.3) is 0 Å². The molecule has 0 saturated heterocycles. The summed E-state index contributed by atoms with van der Waals surface area (Å²) >= 11 is 0. The van der Waals surface area contributed by atoms with E-state index in [1.54, 1.807) is 0 Å². The summed E-state index contributed by atoms with van der Waals surface area (Å²) in [7, 11) is 1.31. The molecule has 2 N–H and O–H groups in total. The molecular formula is C9H16O5. The second-order valence-corrected chi connectivity index (χ2v) is 3.07. The van der Waals surface area contributed by atoms with Crippen LogP contribution in [0.2, 0.25) is 0 Å². The Balaban J connectivity index is 0. The first-order valence-corrected chi connectivity index (χ1v) is 3.86. The standard InChI is InChI=1S/C5H10O3.C4H6O2/c1-5(2,3-6)4(7)8;1-3-4(5)6-2/h6H,3H2,1-2H3,(H,7,8);3H,1H2,2H3. The van der Waals surface area contributed by atoms with Crippen molar-refractivity contribution < 1.29 is 24.5 Å². The minimum absolute atomic E-state index is 0.317. The van der Waals surface area contributed by atoms with E-state index in [2.05, 4.69) is 11.3 Å². The van der Waals surface area contributed by atoms with E-state index in [1.165, 1.54) is 21.0 Å². The highest BCUT2D eigenvalue weighted by atomic mass is 16.5. The van der Waals surface area contributed by atoms with Crippen LogP contribution in [0.3, 0.4) is 0 Å². The van der Waals surface area contributed by atoms with Crippen molar-refractivity contribution in [2.24, 2.45) is 5.41 Å². The van der Waals surface area contributed by atoms with Crippen molar-refractivity contribution >= 4 is 11.9 Å². The van der Waals surface area contributed by atoms with Crippen molar-refractivity contribution in [3.05, 3.63) is 12.7 Å². The Bertz CT molecular complexity index is 207. The number of methoxy groups -OCH3 is 1. The number of carboxylic acid groups (broad SMARTS) is 1. The maximum absolute atomic E-state index is 10.1. The van der Waals surface area contributed by atoms with Crippen LogP contribution < -0.4 is 0 Å². The van der Waals surface area contributed by atoms with E-state index in [0.717, 1.165) is 6.08 Å². The molecule has 0 radical (unpaired) electrons. The number of esters is 1. The number of aliphatic carboxylic acids is 1. The molecule has 0 spiro atoms. The summed E-state index contributed by atoms with van der Waals surface area (Å²) in [5.41, 5.74) is -0.986. The summed E-state index contributed by atoms with van der Waals surface area (Å²) in [6.07, 6.45) is 1.11. The van der Waals surface area contributed by atoms with Gasteiger partial charge in [0.05, 0.1) is 19.1 Å². The molecule has 0 heterocycles. The lowest BCUT2D eigenvalue weighted by Gasteiger charge is -2.13. The topological polar surface area (TPSA) is 83.8 Å². The van der Waals surface area contributed by atoms with Crippen LogP contribution in [-0.4, -0.2) is 35.9 Å². The van der Waals surface area contributed by atoms with Crippen molar-refractivity contribution in [3.63, 3.8) is 0 Å². The van der Waals surface area contributed by atoms with E-state index in [-0.39, 0.29) is 6.61 Å². The third-order valence-electron chi connectivity index (χ3n) is 1.34. The van der Waals surface area contributed by atoms with Crippen molar-refractivity contribution in [2.75, 3.05) is 13.7 Å². The molecule has 0 bridgehead atoms. The molecule has 0 aliphatic rings. The van der Waals surface area contributed by atoms with Gasteiger partial charge in [-0.25, -0.2) is 4.79 Å². The summed E-state index contributed by atoms with van der Waals surface area (Å²) in [5.74, 6) is -1.37. The highest BCUT2D eigenvalue weighted by Gasteiger charge is 2.25. The fraction of sp³-hybridized carbons (Fsp3) is 0.556. The Labute approximate surface area is 83.0 Å². The van der Waals surface area contributed by atoms with Gasteiger partial charge < -0.3 is 14.9 Å². The highest BCUT2D eigenvalue weighted by molar-refractivity contribution is 5.80. The van der Waals surface area contributed by atoms with Gasteiger partial charge in [0.15, 0.2) is 0 Å². The van der Waals surface area contributed by atoms with Crippen LogP contribution in [0, 0.1) is 5.41 Å². The average Bonchev–Trinajstić information content (AvgIpc) is 2.17. The van der Waals surface area contributed by atoms with Crippen LogP contribution in [0.5, 0.6) is 0 Å². The van der Waals surface area contributed by atoms with Gasteiger partial charge in [-0.15, -0.1) is 0 Å². The van der Waals surface area contributed by atoms with Crippen molar-refractivity contribution in [3.8, 4) is 0 Å². The Morgan fingerprint density at radius 1 is 1.50 bits per heavy atom. The number of carbonyl (C=O) groups is 2. The van der Waals surface area contributed by atoms with Gasteiger partial charge in [0.1, 0.15) is 0 Å². The quantitative estimate of drug-likeness (QED) is 0.514. The Kier molecular flexibility index (Phi) is 7.65. The van der Waals surface area contributed by atoms with E-state index in [9.17, 15) is 9.59 Å². The Morgan fingerprint density at radius 3 is 1.93 bits per heavy atom. The van der Waals surface area contributed by atoms with E-state index >= 15 is 0 Å². The van der Waals surface area contributed by atoms with Crippen LogP contribution in [0.4, 0.5) is 0 Å². The molecule has 0 unspecified atom stereocenters. The fourth-order valence-electron chi connectivity index (χ4n) is 0.151. The normalized spacial score (nSPS) is 9.43. The molecule has 5 nitrogen and oxygen atoms in total. The molecule has 5 heteroatoms. The molecular weight excluding hydrogens is 188 g/mol. The molecule has 0 saturated carbocycles. The average molecular weight is 204 g/mol. The van der Waals surface area contributed by atoms with Gasteiger partial charge in [0.25, 0.3) is 0 Å². The van der Waals surface area contributed by atoms with Gasteiger partial charge in [0.2, 0.25) is 0 Å². The second kappa shape index (κ2) is 7.08. The molecule has 0 aromatic heterocycles. The number of carboxylic acids is 1. The maximum atomic E-state index is 10.1. The number of hydrogen-bond donors (Lipinski definition) is 2. The zero-order chi connectivity index (χ0) is 11.8. The summed E-state index contributed by atoms with van der Waals surface area (Å²) in [6.45, 7) is 5.77. The summed E-state index contributed by atoms with van der Waals surface area (Å²) in [6, 6.07) is 0. The van der Waals surface area contributed by atoms with E-state index < -0.39 is 17.4 Å². The molecule has 0 rings (SSSR count). The van der Waals surface area contributed by atoms with Crippen LogP contribution in [0.15, 0.2) is 12.7 Å². The van der Waals surface area contributed by atoms with Gasteiger partial charge in [-0.3, -0.25) is 4.79 Å². The lowest BCUT2D eigenvalue weighted by Crippen LogP contribution is -2.27. The van der Waals surface area contributed by atoms with Gasteiger partial charge >= 0.3 is 11.9 Å². The highest BCUT2D eigenvalue weighted by Crippen LogP contribution is 2.12. The first-order chi connectivity index (χ1) is 6.31. The summed E-state index contributed by atoms with van der Waals surface area (Å²) < 4.78 is 4.14. The van der Waals surface area contributed by atoms with E-state index in [1.807, 2.05) is 0 Å². The van der Waals surface area contributed by atoms with Crippen molar-refractivity contribution in [1.29, 1.82) is 0 Å². The van der Waals surface area contributed by atoms with Gasteiger partial charge in [0, 0.05) is 6.08 Å². The molecule has 0 aromatic carbocycles. The van der Waals surface area contributed by atoms with Crippen LogP contribution >= 0.6 is 0 Å². The Morgan fingerprint density at radius 2 is 1.93 bits per heavy atom. The fourth-order valence-corrected chi connectivity index (χ4v) is 0.151. The first kappa shape index (κ1) is 15.1. The molecule has 82 valence electrons. The third-order valence-corrected chi connectivity index (χ3v) is 1.34. The summed E-state index contributed by atoms with van der Waals surface area (Å²) in [4.78, 5) is 19.9. The van der Waals surface area contributed by atoms with Gasteiger partial charge in [-0.1, -0.05) is 6.58 Å². The minimum Gasteiger partial charge on any atom is -0.481 e. The molecule has 0 amide bonds. The summed E-state index contributed by atoms with van der Waals surface area (Å²) in [5, 5.41) is 16.7. The maximum Gasteiger partial charge on any atom is 0.329 e. The van der Waals surface area contributed by atoms with Crippen LogP contribution in [0.1, 0.15) is 13.8 Å². The van der Waals surface area contributed by atoms with Crippen molar-refractivity contribution in [2.45, 2.75) is 13.8 Å². The number of carbonyl (C=O) groups excluding carboxylic acids is 1. The molecule has 0 aromatic rings. The van der Waals surface area contributed by atoms with Gasteiger partial charge in [-0.05, 0) is 13.8 Å². The van der Waals surface area contributed by atoms with E-state index in [0.29, 0.717) is 0 Å². The zero-order valence-corrected chi connectivity index (χ0v) is 8.61. The number of ether oxygens (including phenoxy) is 1. The lowest BCUT2D eigenvalue weighted by atomic mass is 9.96. The SMILES string of the molecule is C=CC(=O)OC.CC(C)(CO)C(=O)O.